The van der Waals surface area contributed by atoms with Gasteiger partial charge in [-0.05, 0) is 23.8 Å². The van der Waals surface area contributed by atoms with Gasteiger partial charge in [0.2, 0.25) is 0 Å². The fourth-order valence-electron chi connectivity index (χ4n) is 2.05. The van der Waals surface area contributed by atoms with E-state index in [2.05, 4.69) is 37.3 Å². The number of hydrogen-bond donors (Lipinski definition) is 0. The zero-order valence-electron chi connectivity index (χ0n) is 7.66. The molecule has 0 aliphatic heterocycles. The van der Waals surface area contributed by atoms with Crippen LogP contribution in [-0.2, 0) is 0 Å². The summed E-state index contributed by atoms with van der Waals surface area (Å²) in [7, 11) is 0. The Morgan fingerprint density at radius 3 is 2.67 bits per heavy atom. The fourth-order valence-corrected chi connectivity index (χ4v) is 2.05. The quantitative estimate of drug-likeness (QED) is 0.634. The van der Waals surface area contributed by atoms with Gasteiger partial charge in [0.05, 0.1) is 0 Å². The van der Waals surface area contributed by atoms with Gasteiger partial charge in [-0.25, -0.2) is 0 Å². The minimum absolute atomic E-state index is 0.895. The predicted molar refractivity (Wildman–Crippen MR) is 52.2 cm³/mol. The van der Waals surface area contributed by atoms with Gasteiger partial charge < -0.3 is 0 Å². The SMILES string of the molecule is CCC[C@H]1CC1c1ccccc1. The van der Waals surface area contributed by atoms with E-state index < -0.39 is 0 Å². The van der Waals surface area contributed by atoms with Crippen LogP contribution in [0.15, 0.2) is 30.3 Å². The number of rotatable bonds is 3. The minimum atomic E-state index is 0.895. The minimum Gasteiger partial charge on any atom is -0.0654 e. The van der Waals surface area contributed by atoms with Gasteiger partial charge in [-0.1, -0.05) is 50.1 Å². The van der Waals surface area contributed by atoms with Crippen molar-refractivity contribution >= 4 is 0 Å². The Hall–Kier alpha value is -0.780. The first-order chi connectivity index (χ1) is 5.92. The molecule has 1 fully saturated rings. The Labute approximate surface area is 74.6 Å². The van der Waals surface area contributed by atoms with Crippen LogP contribution in [0, 0.1) is 5.92 Å². The van der Waals surface area contributed by atoms with E-state index in [9.17, 15) is 0 Å². The highest BCUT2D eigenvalue weighted by Gasteiger charge is 2.36. The summed E-state index contributed by atoms with van der Waals surface area (Å²) in [4.78, 5) is 0. The smallest absolute Gasteiger partial charge is 0.0131 e. The van der Waals surface area contributed by atoms with Crippen LogP contribution in [0.1, 0.15) is 37.7 Å². The molecule has 2 atom stereocenters. The van der Waals surface area contributed by atoms with Gasteiger partial charge in [-0.2, -0.15) is 0 Å². The Morgan fingerprint density at radius 2 is 2.00 bits per heavy atom. The maximum atomic E-state index is 2.28. The van der Waals surface area contributed by atoms with E-state index >= 15 is 0 Å². The van der Waals surface area contributed by atoms with E-state index in [1.54, 1.807) is 5.56 Å². The molecule has 0 spiro atoms. The second kappa shape index (κ2) is 3.30. The van der Waals surface area contributed by atoms with Crippen molar-refractivity contribution < 1.29 is 0 Å². The molecule has 1 saturated carbocycles. The lowest BCUT2D eigenvalue weighted by atomic mass is 10.1. The van der Waals surface area contributed by atoms with E-state index in [4.69, 9.17) is 0 Å². The second-order valence-electron chi connectivity index (χ2n) is 3.80. The van der Waals surface area contributed by atoms with Crippen molar-refractivity contribution in [2.45, 2.75) is 32.1 Å². The van der Waals surface area contributed by atoms with Crippen LogP contribution >= 0.6 is 0 Å². The molecule has 1 aromatic rings. The Bertz CT molecular complexity index is 237. The highest BCUT2D eigenvalue weighted by Crippen LogP contribution is 2.49. The maximum absolute atomic E-state index is 2.28. The second-order valence-corrected chi connectivity index (χ2v) is 3.80. The lowest BCUT2D eigenvalue weighted by Gasteiger charge is -1.97. The Kier molecular flexibility index (Phi) is 2.16. The van der Waals surface area contributed by atoms with Gasteiger partial charge in [0.25, 0.3) is 0 Å². The van der Waals surface area contributed by atoms with Gasteiger partial charge in [-0.15, -0.1) is 0 Å². The summed E-state index contributed by atoms with van der Waals surface area (Å²) in [5, 5.41) is 0. The third-order valence-corrected chi connectivity index (χ3v) is 2.81. The molecule has 0 nitrogen and oxygen atoms in total. The van der Waals surface area contributed by atoms with Crippen LogP contribution in [0.4, 0.5) is 0 Å². The molecule has 64 valence electrons. The summed E-state index contributed by atoms with van der Waals surface area (Å²) in [5.74, 6) is 1.89. The van der Waals surface area contributed by atoms with Gasteiger partial charge in [0.15, 0.2) is 0 Å². The highest BCUT2D eigenvalue weighted by molar-refractivity contribution is 5.25. The third-order valence-electron chi connectivity index (χ3n) is 2.81. The molecular weight excluding hydrogens is 144 g/mol. The number of hydrogen-bond acceptors (Lipinski definition) is 0. The summed E-state index contributed by atoms with van der Waals surface area (Å²) in [6.07, 6.45) is 4.19. The van der Waals surface area contributed by atoms with Crippen LogP contribution in [0.2, 0.25) is 0 Å². The van der Waals surface area contributed by atoms with Crippen molar-refractivity contribution in [3.05, 3.63) is 35.9 Å². The first-order valence-electron chi connectivity index (χ1n) is 4.96. The topological polar surface area (TPSA) is 0 Å². The first kappa shape index (κ1) is 7.85. The average Bonchev–Trinajstić information content (AvgIpc) is 2.87. The van der Waals surface area contributed by atoms with Crippen molar-refractivity contribution in [2.24, 2.45) is 5.92 Å². The highest BCUT2D eigenvalue weighted by atomic mass is 14.4. The van der Waals surface area contributed by atoms with Gasteiger partial charge in [0.1, 0.15) is 0 Å². The van der Waals surface area contributed by atoms with E-state index in [0.29, 0.717) is 0 Å². The molecule has 0 bridgehead atoms. The van der Waals surface area contributed by atoms with Gasteiger partial charge in [-0.3, -0.25) is 0 Å². The third kappa shape index (κ3) is 1.52. The molecular formula is C12H16. The average molecular weight is 160 g/mol. The zero-order chi connectivity index (χ0) is 8.39. The molecule has 0 heteroatoms. The Morgan fingerprint density at radius 1 is 1.25 bits per heavy atom. The molecule has 1 unspecified atom stereocenters. The van der Waals surface area contributed by atoms with Gasteiger partial charge >= 0.3 is 0 Å². The molecule has 0 saturated heterocycles. The maximum Gasteiger partial charge on any atom is -0.0131 e. The van der Waals surface area contributed by atoms with Crippen molar-refractivity contribution in [3.63, 3.8) is 0 Å². The predicted octanol–water partition coefficient (Wildman–Crippen LogP) is 3.59. The van der Waals surface area contributed by atoms with Crippen LogP contribution in [-0.4, -0.2) is 0 Å². The van der Waals surface area contributed by atoms with Crippen molar-refractivity contribution in [1.29, 1.82) is 0 Å². The lowest BCUT2D eigenvalue weighted by molar-refractivity contribution is 0.687. The van der Waals surface area contributed by atoms with Crippen LogP contribution in [0.3, 0.4) is 0 Å². The van der Waals surface area contributed by atoms with E-state index in [0.717, 1.165) is 11.8 Å². The molecule has 12 heavy (non-hydrogen) atoms. The van der Waals surface area contributed by atoms with Crippen molar-refractivity contribution in [1.82, 2.24) is 0 Å². The molecule has 1 aromatic carbocycles. The fraction of sp³-hybridized carbons (Fsp3) is 0.500. The molecule has 0 aromatic heterocycles. The summed E-state index contributed by atoms with van der Waals surface area (Å²) in [6.45, 7) is 2.28. The summed E-state index contributed by atoms with van der Waals surface area (Å²) < 4.78 is 0. The van der Waals surface area contributed by atoms with E-state index in [1.165, 1.54) is 19.3 Å². The summed E-state index contributed by atoms with van der Waals surface area (Å²) in [6, 6.07) is 10.9. The molecule has 1 aliphatic carbocycles. The molecule has 2 rings (SSSR count). The van der Waals surface area contributed by atoms with Gasteiger partial charge in [0, 0.05) is 0 Å². The van der Waals surface area contributed by atoms with Crippen molar-refractivity contribution in [3.8, 4) is 0 Å². The number of benzene rings is 1. The van der Waals surface area contributed by atoms with Crippen molar-refractivity contribution in [2.75, 3.05) is 0 Å². The molecule has 0 radical (unpaired) electrons. The molecule has 0 heterocycles. The zero-order valence-corrected chi connectivity index (χ0v) is 7.66. The molecule has 1 aliphatic rings. The van der Waals surface area contributed by atoms with E-state index in [-0.39, 0.29) is 0 Å². The first-order valence-corrected chi connectivity index (χ1v) is 4.96. The monoisotopic (exact) mass is 160 g/mol. The lowest BCUT2D eigenvalue weighted by Crippen LogP contribution is -1.81. The van der Waals surface area contributed by atoms with Crippen LogP contribution in [0.5, 0.6) is 0 Å². The van der Waals surface area contributed by atoms with Crippen LogP contribution in [0.25, 0.3) is 0 Å². The summed E-state index contributed by atoms with van der Waals surface area (Å²) in [5.41, 5.74) is 1.55. The van der Waals surface area contributed by atoms with E-state index in [1.807, 2.05) is 0 Å². The largest absolute Gasteiger partial charge is 0.0654 e. The summed E-state index contributed by atoms with van der Waals surface area (Å²) >= 11 is 0. The van der Waals surface area contributed by atoms with Crippen LogP contribution < -0.4 is 0 Å². The normalized spacial score (nSPS) is 27.1. The Balaban J connectivity index is 1.97. The standard InChI is InChI=1S/C12H16/c1-2-6-11-9-12(11)10-7-4-3-5-8-10/h3-5,7-8,11-12H,2,6,9H2,1H3/t11-,12?/m0/s1. The molecule has 0 amide bonds. The molecule has 0 N–H and O–H groups in total.